The van der Waals surface area contributed by atoms with Crippen molar-refractivity contribution in [3.05, 3.63) is 59.2 Å². The van der Waals surface area contributed by atoms with Gasteiger partial charge in [-0.3, -0.25) is 0 Å². The standard InChI is InChI=1S/C24H36N2O7S/c25-34(30,31)22-8-5-19(6-9-22)18-33-14-13-32-12-4-2-1-3-11-26-16-24(29)20-7-10-23(28)21(15-20)17-27/h5-10,15,24,26-29H,1-4,11-14,16-18H2,(H2,25,30,31)/t24-/m0/s1. The van der Waals surface area contributed by atoms with Crippen molar-refractivity contribution in [2.45, 2.75) is 49.9 Å². The van der Waals surface area contributed by atoms with Crippen molar-refractivity contribution in [2.75, 3.05) is 32.9 Å². The molecule has 0 saturated heterocycles. The quantitative estimate of drug-likeness (QED) is 0.208. The molecular formula is C24H36N2O7S. The van der Waals surface area contributed by atoms with Gasteiger partial charge in [0.15, 0.2) is 0 Å². The summed E-state index contributed by atoms with van der Waals surface area (Å²) >= 11 is 0. The van der Waals surface area contributed by atoms with E-state index in [1.165, 1.54) is 18.2 Å². The van der Waals surface area contributed by atoms with Gasteiger partial charge in [0.25, 0.3) is 0 Å². The number of aliphatic hydroxyl groups is 2. The highest BCUT2D eigenvalue weighted by Gasteiger charge is 2.10. The Morgan fingerprint density at radius 2 is 1.65 bits per heavy atom. The lowest BCUT2D eigenvalue weighted by Gasteiger charge is -2.14. The molecule has 0 spiro atoms. The van der Waals surface area contributed by atoms with Crippen LogP contribution in [0.1, 0.15) is 48.5 Å². The van der Waals surface area contributed by atoms with Crippen LogP contribution in [0.25, 0.3) is 0 Å². The van der Waals surface area contributed by atoms with Gasteiger partial charge in [0.1, 0.15) is 5.75 Å². The van der Waals surface area contributed by atoms with Gasteiger partial charge in [-0.2, -0.15) is 0 Å². The second kappa shape index (κ2) is 15.0. The topological polar surface area (TPSA) is 151 Å². The van der Waals surface area contributed by atoms with Gasteiger partial charge >= 0.3 is 0 Å². The van der Waals surface area contributed by atoms with Crippen molar-refractivity contribution < 1.29 is 33.2 Å². The van der Waals surface area contributed by atoms with Crippen molar-refractivity contribution in [2.24, 2.45) is 5.14 Å². The Hall–Kier alpha value is -2.05. The summed E-state index contributed by atoms with van der Waals surface area (Å²) in [5.74, 6) is 0.0259. The smallest absolute Gasteiger partial charge is 0.238 e. The summed E-state index contributed by atoms with van der Waals surface area (Å²) in [5.41, 5.74) is 1.93. The fourth-order valence-corrected chi connectivity index (χ4v) is 3.80. The van der Waals surface area contributed by atoms with E-state index >= 15 is 0 Å². The molecule has 0 radical (unpaired) electrons. The Labute approximate surface area is 201 Å². The number of rotatable bonds is 17. The van der Waals surface area contributed by atoms with Gasteiger partial charge in [-0.1, -0.05) is 31.0 Å². The number of ether oxygens (including phenoxy) is 2. The van der Waals surface area contributed by atoms with Gasteiger partial charge < -0.3 is 30.1 Å². The summed E-state index contributed by atoms with van der Waals surface area (Å²) in [6, 6.07) is 11.0. The minimum Gasteiger partial charge on any atom is -0.508 e. The fraction of sp³-hybridized carbons (Fsp3) is 0.500. The van der Waals surface area contributed by atoms with E-state index in [-0.39, 0.29) is 17.3 Å². The average molecular weight is 497 g/mol. The second-order valence-corrected chi connectivity index (χ2v) is 9.60. The molecule has 0 fully saturated rings. The zero-order valence-corrected chi connectivity index (χ0v) is 20.2. The maximum atomic E-state index is 11.2. The Kier molecular flexibility index (Phi) is 12.5. The third-order valence-corrected chi connectivity index (χ3v) is 6.21. The number of benzene rings is 2. The van der Waals surface area contributed by atoms with Crippen LogP contribution in [0.5, 0.6) is 5.75 Å². The molecule has 2 aromatic rings. The van der Waals surface area contributed by atoms with E-state index in [2.05, 4.69) is 5.32 Å². The van der Waals surface area contributed by atoms with Crippen molar-refractivity contribution in [3.8, 4) is 5.75 Å². The molecule has 0 saturated carbocycles. The molecule has 0 unspecified atom stereocenters. The zero-order valence-electron chi connectivity index (χ0n) is 19.4. The highest BCUT2D eigenvalue weighted by Crippen LogP contribution is 2.22. The van der Waals surface area contributed by atoms with Crippen LogP contribution in [0.3, 0.4) is 0 Å². The van der Waals surface area contributed by atoms with Gasteiger partial charge in [-0.25, -0.2) is 13.6 Å². The summed E-state index contributed by atoms with van der Waals surface area (Å²) in [6.07, 6.45) is 3.39. The van der Waals surface area contributed by atoms with Gasteiger partial charge in [-0.15, -0.1) is 0 Å². The van der Waals surface area contributed by atoms with Crippen molar-refractivity contribution >= 4 is 10.0 Å². The van der Waals surface area contributed by atoms with Crippen LogP contribution in [-0.4, -0.2) is 56.6 Å². The molecule has 0 aliphatic rings. The average Bonchev–Trinajstić information content (AvgIpc) is 2.82. The molecule has 0 aromatic heterocycles. The lowest BCUT2D eigenvalue weighted by Crippen LogP contribution is -2.22. The molecule has 0 aliphatic carbocycles. The number of nitrogens with one attached hydrogen (secondary N) is 1. The molecule has 10 heteroatoms. The first kappa shape index (κ1) is 28.2. The summed E-state index contributed by atoms with van der Waals surface area (Å²) in [5, 5.41) is 37.3. The number of aliphatic hydroxyl groups excluding tert-OH is 2. The Morgan fingerprint density at radius 3 is 2.35 bits per heavy atom. The third-order valence-electron chi connectivity index (χ3n) is 5.28. The number of unbranched alkanes of at least 4 members (excludes halogenated alkanes) is 3. The largest absolute Gasteiger partial charge is 0.508 e. The predicted octanol–water partition coefficient (Wildman–Crippen LogP) is 1.95. The highest BCUT2D eigenvalue weighted by molar-refractivity contribution is 7.89. The first-order valence-corrected chi connectivity index (χ1v) is 12.9. The van der Waals surface area contributed by atoms with Crippen molar-refractivity contribution in [1.29, 1.82) is 0 Å². The van der Waals surface area contributed by atoms with Crippen LogP contribution in [0, 0.1) is 0 Å². The molecule has 6 N–H and O–H groups in total. The lowest BCUT2D eigenvalue weighted by atomic mass is 10.1. The first-order valence-electron chi connectivity index (χ1n) is 11.4. The number of nitrogens with two attached hydrogens (primary N) is 1. The summed E-state index contributed by atoms with van der Waals surface area (Å²) in [6.45, 7) is 2.96. The number of primary sulfonamides is 1. The van der Waals surface area contributed by atoms with E-state index in [0.717, 1.165) is 37.8 Å². The first-order chi connectivity index (χ1) is 16.3. The summed E-state index contributed by atoms with van der Waals surface area (Å²) in [4.78, 5) is 0.0828. The summed E-state index contributed by atoms with van der Waals surface area (Å²) < 4.78 is 33.5. The molecular weight excluding hydrogens is 460 g/mol. The Morgan fingerprint density at radius 1 is 0.941 bits per heavy atom. The zero-order chi connectivity index (χ0) is 24.8. The molecule has 2 rings (SSSR count). The molecule has 190 valence electrons. The second-order valence-electron chi connectivity index (χ2n) is 8.03. The van der Waals surface area contributed by atoms with E-state index in [4.69, 9.17) is 14.6 Å². The van der Waals surface area contributed by atoms with Crippen LogP contribution in [0.15, 0.2) is 47.4 Å². The monoisotopic (exact) mass is 496 g/mol. The van der Waals surface area contributed by atoms with Gasteiger partial charge in [0, 0.05) is 18.7 Å². The van der Waals surface area contributed by atoms with E-state index < -0.39 is 16.1 Å². The number of hydrogen-bond donors (Lipinski definition) is 5. The fourth-order valence-electron chi connectivity index (χ4n) is 3.29. The van der Waals surface area contributed by atoms with Crippen molar-refractivity contribution in [1.82, 2.24) is 5.32 Å². The van der Waals surface area contributed by atoms with Crippen LogP contribution in [0.2, 0.25) is 0 Å². The third kappa shape index (κ3) is 10.5. The van der Waals surface area contributed by atoms with Gasteiger partial charge in [-0.05, 0) is 54.8 Å². The maximum absolute atomic E-state index is 11.2. The van der Waals surface area contributed by atoms with Crippen LogP contribution in [0.4, 0.5) is 0 Å². The Bertz CT molecular complexity index is 952. The molecule has 0 bridgehead atoms. The summed E-state index contributed by atoms with van der Waals surface area (Å²) in [7, 11) is -3.67. The molecule has 9 nitrogen and oxygen atoms in total. The van der Waals surface area contributed by atoms with Gasteiger partial charge in [0.2, 0.25) is 10.0 Å². The van der Waals surface area contributed by atoms with Crippen LogP contribution < -0.4 is 10.5 Å². The SMILES string of the molecule is NS(=O)(=O)c1ccc(COCCOCCCCCCNC[C@H](O)c2ccc(O)c(CO)c2)cc1. The van der Waals surface area contributed by atoms with Gasteiger partial charge in [0.05, 0.1) is 37.4 Å². The van der Waals surface area contributed by atoms with Crippen molar-refractivity contribution in [3.63, 3.8) is 0 Å². The molecule has 34 heavy (non-hydrogen) atoms. The number of phenols is 1. The number of aromatic hydroxyl groups is 1. The normalized spacial score (nSPS) is 12.7. The maximum Gasteiger partial charge on any atom is 0.238 e. The molecule has 0 amide bonds. The number of hydrogen-bond acceptors (Lipinski definition) is 8. The number of sulfonamides is 1. The van der Waals surface area contributed by atoms with E-state index in [1.807, 2.05) is 0 Å². The molecule has 0 aliphatic heterocycles. The van der Waals surface area contributed by atoms with Crippen LogP contribution >= 0.6 is 0 Å². The van der Waals surface area contributed by atoms with E-state index in [1.54, 1.807) is 24.3 Å². The molecule has 1 atom stereocenters. The minimum absolute atomic E-state index is 0.0259. The Balaban J connectivity index is 1.41. The predicted molar refractivity (Wildman–Crippen MR) is 129 cm³/mol. The highest BCUT2D eigenvalue weighted by atomic mass is 32.2. The molecule has 0 heterocycles. The molecule has 2 aromatic carbocycles. The van der Waals surface area contributed by atoms with E-state index in [9.17, 15) is 23.7 Å². The lowest BCUT2D eigenvalue weighted by molar-refractivity contribution is 0.0392. The van der Waals surface area contributed by atoms with E-state index in [0.29, 0.717) is 44.1 Å². The van der Waals surface area contributed by atoms with Crippen LogP contribution in [-0.2, 0) is 32.7 Å². The minimum atomic E-state index is -3.67.